The molecule has 0 bridgehead atoms. The molecule has 0 aromatic heterocycles. The predicted octanol–water partition coefficient (Wildman–Crippen LogP) is 3.39. The van der Waals surface area contributed by atoms with E-state index in [1.165, 1.54) is 0 Å². The summed E-state index contributed by atoms with van der Waals surface area (Å²) in [5.41, 5.74) is 2.52. The number of carbonyl (C=O) groups is 2. The highest BCUT2D eigenvalue weighted by Gasteiger charge is 2.24. The molecule has 1 aliphatic rings. The monoisotopic (exact) mass is 338 g/mol. The standard InChI is InChI=1S/C20H22N2O3/c1-25-18-11-10-16(14-17(18)22-13-5-8-20(22)24)21-19(23)12-9-15-6-3-2-4-7-15/h2-4,6-7,10-11,14H,5,8-9,12-13H2,1H3,(H,21,23). The Morgan fingerprint density at radius 1 is 1.20 bits per heavy atom. The third-order valence-electron chi connectivity index (χ3n) is 4.31. The lowest BCUT2D eigenvalue weighted by atomic mass is 10.1. The molecule has 0 spiro atoms. The number of anilines is 2. The van der Waals surface area contributed by atoms with Crippen LogP contribution < -0.4 is 15.0 Å². The van der Waals surface area contributed by atoms with Crippen LogP contribution in [0.4, 0.5) is 11.4 Å². The van der Waals surface area contributed by atoms with Crippen LogP contribution in [0.15, 0.2) is 48.5 Å². The van der Waals surface area contributed by atoms with E-state index in [2.05, 4.69) is 5.32 Å². The van der Waals surface area contributed by atoms with Crippen molar-refractivity contribution in [3.8, 4) is 5.75 Å². The Kier molecular flexibility index (Phi) is 5.33. The van der Waals surface area contributed by atoms with Gasteiger partial charge in [-0.3, -0.25) is 9.59 Å². The summed E-state index contributed by atoms with van der Waals surface area (Å²) in [6.45, 7) is 0.681. The van der Waals surface area contributed by atoms with Gasteiger partial charge in [-0.15, -0.1) is 0 Å². The van der Waals surface area contributed by atoms with Crippen molar-refractivity contribution in [2.24, 2.45) is 0 Å². The summed E-state index contributed by atoms with van der Waals surface area (Å²) in [4.78, 5) is 26.0. The highest BCUT2D eigenvalue weighted by molar-refractivity contribution is 5.98. The van der Waals surface area contributed by atoms with Gasteiger partial charge in [0.2, 0.25) is 11.8 Å². The maximum atomic E-state index is 12.2. The quantitative estimate of drug-likeness (QED) is 0.878. The molecule has 1 heterocycles. The summed E-state index contributed by atoms with van der Waals surface area (Å²) in [7, 11) is 1.58. The number of carbonyl (C=O) groups excluding carboxylic acids is 2. The van der Waals surface area contributed by atoms with Crippen molar-refractivity contribution in [2.45, 2.75) is 25.7 Å². The van der Waals surface area contributed by atoms with E-state index in [0.29, 0.717) is 42.9 Å². The molecular formula is C20H22N2O3. The molecule has 0 aliphatic carbocycles. The average molecular weight is 338 g/mol. The highest BCUT2D eigenvalue weighted by atomic mass is 16.5. The van der Waals surface area contributed by atoms with Crippen LogP contribution in [-0.4, -0.2) is 25.5 Å². The smallest absolute Gasteiger partial charge is 0.227 e. The third-order valence-corrected chi connectivity index (χ3v) is 4.31. The fraction of sp³-hybridized carbons (Fsp3) is 0.300. The molecule has 2 amide bonds. The van der Waals surface area contributed by atoms with Gasteiger partial charge in [0.05, 0.1) is 12.8 Å². The molecule has 130 valence electrons. The number of amides is 2. The number of rotatable bonds is 6. The minimum atomic E-state index is -0.0484. The first-order valence-corrected chi connectivity index (χ1v) is 8.49. The van der Waals surface area contributed by atoms with Crippen LogP contribution in [0.3, 0.4) is 0 Å². The van der Waals surface area contributed by atoms with E-state index in [1.54, 1.807) is 24.1 Å². The molecule has 1 N–H and O–H groups in total. The summed E-state index contributed by atoms with van der Waals surface area (Å²) in [5, 5.41) is 2.91. The lowest BCUT2D eigenvalue weighted by Gasteiger charge is -2.20. The Bertz CT molecular complexity index is 759. The van der Waals surface area contributed by atoms with E-state index >= 15 is 0 Å². The Morgan fingerprint density at radius 3 is 2.68 bits per heavy atom. The molecule has 2 aromatic rings. The lowest BCUT2D eigenvalue weighted by Crippen LogP contribution is -2.24. The van der Waals surface area contributed by atoms with Gasteiger partial charge in [0.1, 0.15) is 5.75 Å². The molecule has 1 fully saturated rings. The zero-order chi connectivity index (χ0) is 17.6. The van der Waals surface area contributed by atoms with Crippen LogP contribution in [0.2, 0.25) is 0 Å². The number of nitrogens with one attached hydrogen (secondary N) is 1. The summed E-state index contributed by atoms with van der Waals surface area (Å²) in [5.74, 6) is 0.677. The Labute approximate surface area is 147 Å². The molecule has 5 nitrogen and oxygen atoms in total. The van der Waals surface area contributed by atoms with Gasteiger partial charge in [-0.2, -0.15) is 0 Å². The fourth-order valence-electron chi connectivity index (χ4n) is 3.01. The van der Waals surface area contributed by atoms with Gasteiger partial charge in [0.15, 0.2) is 0 Å². The number of hydrogen-bond acceptors (Lipinski definition) is 3. The number of hydrogen-bond donors (Lipinski definition) is 1. The minimum absolute atomic E-state index is 0.0484. The summed E-state index contributed by atoms with van der Waals surface area (Å²) >= 11 is 0. The van der Waals surface area contributed by atoms with Crippen LogP contribution in [0, 0.1) is 0 Å². The fourth-order valence-corrected chi connectivity index (χ4v) is 3.01. The van der Waals surface area contributed by atoms with Gasteiger partial charge in [0, 0.05) is 25.1 Å². The van der Waals surface area contributed by atoms with Crippen LogP contribution in [0.1, 0.15) is 24.8 Å². The number of nitrogens with zero attached hydrogens (tertiary/aromatic N) is 1. The molecule has 5 heteroatoms. The number of methoxy groups -OCH3 is 1. The van der Waals surface area contributed by atoms with Crippen molar-refractivity contribution in [1.82, 2.24) is 0 Å². The maximum Gasteiger partial charge on any atom is 0.227 e. The van der Waals surface area contributed by atoms with Crippen molar-refractivity contribution in [3.63, 3.8) is 0 Å². The van der Waals surface area contributed by atoms with E-state index in [9.17, 15) is 9.59 Å². The predicted molar refractivity (Wildman–Crippen MR) is 98.0 cm³/mol. The van der Waals surface area contributed by atoms with Gasteiger partial charge in [-0.1, -0.05) is 30.3 Å². The van der Waals surface area contributed by atoms with E-state index in [-0.39, 0.29) is 11.8 Å². The Balaban J connectivity index is 1.67. The maximum absolute atomic E-state index is 12.2. The van der Waals surface area contributed by atoms with Gasteiger partial charge >= 0.3 is 0 Å². The Morgan fingerprint density at radius 2 is 2.00 bits per heavy atom. The molecule has 0 saturated carbocycles. The SMILES string of the molecule is COc1ccc(NC(=O)CCc2ccccc2)cc1N1CCCC1=O. The van der Waals surface area contributed by atoms with Crippen molar-refractivity contribution < 1.29 is 14.3 Å². The Hall–Kier alpha value is -2.82. The number of benzene rings is 2. The van der Waals surface area contributed by atoms with E-state index in [1.807, 2.05) is 36.4 Å². The molecule has 2 aromatic carbocycles. The second-order valence-corrected chi connectivity index (χ2v) is 6.07. The lowest BCUT2D eigenvalue weighted by molar-refractivity contribution is -0.117. The summed E-state index contributed by atoms with van der Waals surface area (Å²) < 4.78 is 5.36. The van der Waals surface area contributed by atoms with E-state index < -0.39 is 0 Å². The minimum Gasteiger partial charge on any atom is -0.495 e. The van der Waals surface area contributed by atoms with Crippen molar-refractivity contribution in [3.05, 3.63) is 54.1 Å². The zero-order valence-corrected chi connectivity index (χ0v) is 14.3. The summed E-state index contributed by atoms with van der Waals surface area (Å²) in [6, 6.07) is 15.3. The van der Waals surface area contributed by atoms with Gasteiger partial charge in [0.25, 0.3) is 0 Å². The van der Waals surface area contributed by atoms with Gasteiger partial charge < -0.3 is 15.0 Å². The molecule has 1 aliphatic heterocycles. The van der Waals surface area contributed by atoms with Crippen LogP contribution in [0.5, 0.6) is 5.75 Å². The molecule has 0 unspecified atom stereocenters. The molecule has 1 saturated heterocycles. The zero-order valence-electron chi connectivity index (χ0n) is 14.3. The van der Waals surface area contributed by atoms with E-state index in [4.69, 9.17) is 4.74 Å². The number of aryl methyl sites for hydroxylation is 1. The number of ether oxygens (including phenoxy) is 1. The van der Waals surface area contributed by atoms with Crippen LogP contribution in [0.25, 0.3) is 0 Å². The average Bonchev–Trinajstić information content (AvgIpc) is 3.06. The highest BCUT2D eigenvalue weighted by Crippen LogP contribution is 2.34. The molecule has 0 atom stereocenters. The first-order chi connectivity index (χ1) is 12.2. The van der Waals surface area contributed by atoms with Crippen molar-refractivity contribution in [1.29, 1.82) is 0 Å². The topological polar surface area (TPSA) is 58.6 Å². The second-order valence-electron chi connectivity index (χ2n) is 6.07. The normalized spacial score (nSPS) is 13.8. The van der Waals surface area contributed by atoms with Crippen molar-refractivity contribution >= 4 is 23.2 Å². The van der Waals surface area contributed by atoms with Crippen LogP contribution in [-0.2, 0) is 16.0 Å². The van der Waals surface area contributed by atoms with Gasteiger partial charge in [-0.05, 0) is 36.6 Å². The van der Waals surface area contributed by atoms with E-state index in [0.717, 1.165) is 12.0 Å². The first-order valence-electron chi connectivity index (χ1n) is 8.49. The first kappa shape index (κ1) is 17.0. The molecule has 25 heavy (non-hydrogen) atoms. The summed E-state index contributed by atoms with van der Waals surface area (Å²) in [6.07, 6.45) is 2.50. The van der Waals surface area contributed by atoms with Crippen LogP contribution >= 0.6 is 0 Å². The molecular weight excluding hydrogens is 316 g/mol. The van der Waals surface area contributed by atoms with Crippen molar-refractivity contribution in [2.75, 3.05) is 23.9 Å². The largest absolute Gasteiger partial charge is 0.495 e. The second kappa shape index (κ2) is 7.83. The van der Waals surface area contributed by atoms with Gasteiger partial charge in [-0.25, -0.2) is 0 Å². The molecule has 0 radical (unpaired) electrons. The molecule has 3 rings (SSSR count). The third kappa shape index (κ3) is 4.18.